The monoisotopic (exact) mass is 445 g/mol. The van der Waals surface area contributed by atoms with Crippen molar-refractivity contribution in [1.82, 2.24) is 14.9 Å². The SMILES string of the molecule is CCN(CC(F)(F)F)C(=N)OCc1cc(Nc2ccc(Oc3ccccc3)cc2)ncn1. The number of alkyl halides is 3. The van der Waals surface area contributed by atoms with Gasteiger partial charge >= 0.3 is 6.18 Å². The fraction of sp³-hybridized carbons (Fsp3) is 0.227. The van der Waals surface area contributed by atoms with Crippen LogP contribution in [0, 0.1) is 5.41 Å². The summed E-state index contributed by atoms with van der Waals surface area (Å²) in [5, 5.41) is 10.9. The number of anilines is 2. The van der Waals surface area contributed by atoms with E-state index in [9.17, 15) is 13.2 Å². The summed E-state index contributed by atoms with van der Waals surface area (Å²) in [5.74, 6) is 1.89. The molecule has 2 N–H and O–H groups in total. The van der Waals surface area contributed by atoms with Crippen molar-refractivity contribution >= 4 is 17.5 Å². The third kappa shape index (κ3) is 7.15. The van der Waals surface area contributed by atoms with E-state index in [0.717, 1.165) is 16.3 Å². The second-order valence-electron chi connectivity index (χ2n) is 6.68. The summed E-state index contributed by atoms with van der Waals surface area (Å²) >= 11 is 0. The lowest BCUT2D eigenvalue weighted by molar-refractivity contribution is -0.139. The van der Waals surface area contributed by atoms with Gasteiger partial charge in [-0.15, -0.1) is 0 Å². The molecule has 0 spiro atoms. The zero-order chi connectivity index (χ0) is 23.0. The minimum Gasteiger partial charge on any atom is -0.459 e. The molecule has 0 atom stereocenters. The summed E-state index contributed by atoms with van der Waals surface area (Å²) < 4.78 is 48.7. The summed E-state index contributed by atoms with van der Waals surface area (Å²) in [4.78, 5) is 8.96. The standard InChI is InChI=1S/C22H22F3N5O2/c1-2-30(14-22(23,24)25)21(26)31-13-17-12-20(28-15-27-17)29-16-8-10-19(11-9-16)32-18-6-4-3-5-7-18/h3-12,15,26H,2,13-14H2,1H3,(H,27,28,29). The van der Waals surface area contributed by atoms with Gasteiger partial charge in [-0.2, -0.15) is 13.2 Å². The highest BCUT2D eigenvalue weighted by atomic mass is 19.4. The van der Waals surface area contributed by atoms with Gasteiger partial charge in [-0.05, 0) is 43.3 Å². The third-order valence-corrected chi connectivity index (χ3v) is 4.23. The van der Waals surface area contributed by atoms with Crippen LogP contribution in [0.15, 0.2) is 67.0 Å². The predicted molar refractivity (Wildman–Crippen MR) is 114 cm³/mol. The van der Waals surface area contributed by atoms with Gasteiger partial charge < -0.3 is 19.7 Å². The molecule has 0 amide bonds. The van der Waals surface area contributed by atoms with Gasteiger partial charge in [0.2, 0.25) is 0 Å². The van der Waals surface area contributed by atoms with Crippen molar-refractivity contribution in [2.45, 2.75) is 19.7 Å². The van der Waals surface area contributed by atoms with Crippen LogP contribution in [0.5, 0.6) is 11.5 Å². The molecule has 0 aliphatic rings. The van der Waals surface area contributed by atoms with Crippen LogP contribution in [-0.2, 0) is 11.3 Å². The Morgan fingerprint density at radius 1 is 1.03 bits per heavy atom. The van der Waals surface area contributed by atoms with Crippen LogP contribution in [0.2, 0.25) is 0 Å². The fourth-order valence-electron chi connectivity index (χ4n) is 2.70. The molecule has 7 nitrogen and oxygen atoms in total. The number of aromatic nitrogens is 2. The lowest BCUT2D eigenvalue weighted by atomic mass is 10.3. The number of nitrogens with zero attached hydrogens (tertiary/aromatic N) is 3. The topological polar surface area (TPSA) is 83.4 Å². The van der Waals surface area contributed by atoms with Gasteiger partial charge in [0.05, 0.1) is 5.69 Å². The number of halogens is 3. The zero-order valence-electron chi connectivity index (χ0n) is 17.3. The summed E-state index contributed by atoms with van der Waals surface area (Å²) in [5.41, 5.74) is 1.17. The normalized spacial score (nSPS) is 11.0. The van der Waals surface area contributed by atoms with Crippen molar-refractivity contribution in [2.75, 3.05) is 18.4 Å². The number of benzene rings is 2. The molecule has 0 aliphatic heterocycles. The molecule has 1 heterocycles. The first-order valence-electron chi connectivity index (χ1n) is 9.76. The Bertz CT molecular complexity index is 1010. The lowest BCUT2D eigenvalue weighted by Gasteiger charge is -2.23. The minimum atomic E-state index is -4.42. The van der Waals surface area contributed by atoms with Crippen LogP contribution in [0.4, 0.5) is 24.7 Å². The van der Waals surface area contributed by atoms with Crippen molar-refractivity contribution in [3.8, 4) is 11.5 Å². The van der Waals surface area contributed by atoms with E-state index in [2.05, 4.69) is 15.3 Å². The van der Waals surface area contributed by atoms with Gasteiger partial charge in [-0.25, -0.2) is 9.97 Å². The molecule has 0 unspecified atom stereocenters. The Morgan fingerprint density at radius 3 is 2.38 bits per heavy atom. The van der Waals surface area contributed by atoms with E-state index >= 15 is 0 Å². The molecular weight excluding hydrogens is 423 g/mol. The zero-order valence-corrected chi connectivity index (χ0v) is 17.3. The van der Waals surface area contributed by atoms with Crippen molar-refractivity contribution in [2.24, 2.45) is 0 Å². The highest BCUT2D eigenvalue weighted by molar-refractivity contribution is 5.70. The van der Waals surface area contributed by atoms with Gasteiger partial charge in [0.15, 0.2) is 0 Å². The summed E-state index contributed by atoms with van der Waals surface area (Å²) in [6.07, 6.45) is -3.11. The van der Waals surface area contributed by atoms with Crippen molar-refractivity contribution in [3.05, 3.63) is 72.7 Å². The molecule has 0 fully saturated rings. The second kappa shape index (κ2) is 10.5. The maximum atomic E-state index is 12.6. The van der Waals surface area contributed by atoms with E-state index in [1.54, 1.807) is 6.07 Å². The highest BCUT2D eigenvalue weighted by Crippen LogP contribution is 2.24. The molecular formula is C22H22F3N5O2. The largest absolute Gasteiger partial charge is 0.459 e. The Labute approximate surface area is 183 Å². The molecule has 10 heteroatoms. The van der Waals surface area contributed by atoms with E-state index in [1.807, 2.05) is 54.6 Å². The van der Waals surface area contributed by atoms with E-state index in [0.29, 0.717) is 17.3 Å². The van der Waals surface area contributed by atoms with E-state index in [1.165, 1.54) is 13.3 Å². The maximum Gasteiger partial charge on any atom is 0.406 e. The summed E-state index contributed by atoms with van der Waals surface area (Å²) in [6.45, 7) is 0.114. The molecule has 2 aromatic carbocycles. The number of rotatable bonds is 8. The molecule has 0 aliphatic carbocycles. The third-order valence-electron chi connectivity index (χ3n) is 4.23. The summed E-state index contributed by atoms with van der Waals surface area (Å²) in [7, 11) is 0. The lowest BCUT2D eigenvalue weighted by Crippen LogP contribution is -2.39. The predicted octanol–water partition coefficient (Wildman–Crippen LogP) is 5.35. The molecule has 0 saturated carbocycles. The quantitative estimate of drug-likeness (QED) is 0.359. The number of para-hydroxylation sites is 1. The number of hydrogen-bond acceptors (Lipinski definition) is 6. The Kier molecular flexibility index (Phi) is 7.48. The minimum absolute atomic E-state index is 0.00109. The number of hydrogen-bond donors (Lipinski definition) is 2. The Balaban J connectivity index is 1.56. The first-order valence-corrected chi connectivity index (χ1v) is 9.76. The molecule has 0 bridgehead atoms. The van der Waals surface area contributed by atoms with Gasteiger partial charge in [0.25, 0.3) is 6.02 Å². The van der Waals surface area contributed by atoms with Crippen LogP contribution in [0.25, 0.3) is 0 Å². The highest BCUT2D eigenvalue weighted by Gasteiger charge is 2.31. The Hall–Kier alpha value is -3.82. The number of amidine groups is 1. The molecule has 168 valence electrons. The average molecular weight is 445 g/mol. The number of ether oxygens (including phenoxy) is 2. The van der Waals surface area contributed by atoms with E-state index in [-0.39, 0.29) is 13.2 Å². The van der Waals surface area contributed by atoms with Gasteiger partial charge in [-0.1, -0.05) is 18.2 Å². The van der Waals surface area contributed by atoms with E-state index in [4.69, 9.17) is 14.9 Å². The number of nitrogens with one attached hydrogen (secondary N) is 2. The first-order chi connectivity index (χ1) is 15.3. The smallest absolute Gasteiger partial charge is 0.406 e. The molecule has 3 aromatic rings. The van der Waals surface area contributed by atoms with Crippen LogP contribution in [-0.4, -0.2) is 40.2 Å². The summed E-state index contributed by atoms with van der Waals surface area (Å²) in [6, 6.07) is 17.7. The van der Waals surface area contributed by atoms with Crippen molar-refractivity contribution in [1.29, 1.82) is 5.41 Å². The maximum absolute atomic E-state index is 12.6. The van der Waals surface area contributed by atoms with Gasteiger partial charge in [-0.3, -0.25) is 5.41 Å². The van der Waals surface area contributed by atoms with Crippen LogP contribution in [0.3, 0.4) is 0 Å². The van der Waals surface area contributed by atoms with Crippen LogP contribution >= 0.6 is 0 Å². The second-order valence-corrected chi connectivity index (χ2v) is 6.68. The van der Waals surface area contributed by atoms with Gasteiger partial charge in [0, 0.05) is 18.3 Å². The fourth-order valence-corrected chi connectivity index (χ4v) is 2.70. The van der Waals surface area contributed by atoms with Gasteiger partial charge in [0.1, 0.15) is 36.8 Å². The van der Waals surface area contributed by atoms with E-state index < -0.39 is 18.7 Å². The Morgan fingerprint density at radius 2 is 1.72 bits per heavy atom. The first kappa shape index (κ1) is 22.9. The molecule has 32 heavy (non-hydrogen) atoms. The van der Waals surface area contributed by atoms with Crippen LogP contribution < -0.4 is 10.1 Å². The molecule has 3 rings (SSSR count). The average Bonchev–Trinajstić information content (AvgIpc) is 2.77. The molecule has 1 aromatic heterocycles. The van der Waals surface area contributed by atoms with Crippen LogP contribution in [0.1, 0.15) is 12.6 Å². The van der Waals surface area contributed by atoms with Crippen molar-refractivity contribution in [3.63, 3.8) is 0 Å². The van der Waals surface area contributed by atoms with Crippen molar-refractivity contribution < 1.29 is 22.6 Å². The molecule has 0 saturated heterocycles. The molecule has 0 radical (unpaired) electrons.